The SMILES string of the molecule is CC(=O)Nc1nc(C)c(-c2cc(SN3CC=CC3)sc2Br)s1. The first-order chi connectivity index (χ1) is 10.5. The molecule has 116 valence electrons. The van der Waals surface area contributed by atoms with E-state index in [0.29, 0.717) is 5.13 Å². The maximum Gasteiger partial charge on any atom is 0.223 e. The lowest BCUT2D eigenvalue weighted by Gasteiger charge is -2.10. The summed E-state index contributed by atoms with van der Waals surface area (Å²) in [7, 11) is 0. The standard InChI is InChI=1S/C14H14BrN3OS3/c1-8-12(21-14(16-8)17-9(2)19)10-7-11(20-13(10)15)22-18-5-3-4-6-18/h3-4,7H,5-6H2,1-2H3,(H,16,17,19). The van der Waals surface area contributed by atoms with Crippen molar-refractivity contribution < 1.29 is 4.79 Å². The number of nitrogens with one attached hydrogen (secondary N) is 1. The van der Waals surface area contributed by atoms with Crippen LogP contribution >= 0.6 is 50.6 Å². The van der Waals surface area contributed by atoms with E-state index >= 15 is 0 Å². The lowest BCUT2D eigenvalue weighted by molar-refractivity contribution is -0.114. The second-order valence-corrected chi connectivity index (χ2v) is 9.54. The Morgan fingerprint density at radius 2 is 2.14 bits per heavy atom. The van der Waals surface area contributed by atoms with Crippen LogP contribution in [0.15, 0.2) is 26.2 Å². The number of aryl methyl sites for hydroxylation is 1. The Morgan fingerprint density at radius 1 is 1.41 bits per heavy atom. The summed E-state index contributed by atoms with van der Waals surface area (Å²) < 4.78 is 4.66. The highest BCUT2D eigenvalue weighted by atomic mass is 79.9. The molecule has 3 heterocycles. The summed E-state index contributed by atoms with van der Waals surface area (Å²) >= 11 is 8.68. The number of thiophene rings is 1. The zero-order chi connectivity index (χ0) is 15.7. The molecule has 0 bridgehead atoms. The van der Waals surface area contributed by atoms with Crippen LogP contribution in [0.2, 0.25) is 0 Å². The quantitative estimate of drug-likeness (QED) is 0.576. The number of anilines is 1. The van der Waals surface area contributed by atoms with Crippen LogP contribution in [0.3, 0.4) is 0 Å². The topological polar surface area (TPSA) is 45.2 Å². The minimum absolute atomic E-state index is 0.0949. The van der Waals surface area contributed by atoms with Gasteiger partial charge in [0, 0.05) is 25.6 Å². The van der Waals surface area contributed by atoms with Crippen molar-refractivity contribution in [3.05, 3.63) is 27.7 Å². The number of aromatic nitrogens is 1. The van der Waals surface area contributed by atoms with Crippen molar-refractivity contribution in [2.45, 2.75) is 18.1 Å². The molecule has 8 heteroatoms. The minimum Gasteiger partial charge on any atom is -0.302 e. The number of rotatable bonds is 4. The fraction of sp³-hybridized carbons (Fsp3) is 0.286. The number of carbonyl (C=O) groups excluding carboxylic acids is 1. The molecule has 0 saturated carbocycles. The van der Waals surface area contributed by atoms with E-state index in [2.05, 4.69) is 48.8 Å². The zero-order valence-electron chi connectivity index (χ0n) is 12.1. The number of amides is 1. The summed E-state index contributed by atoms with van der Waals surface area (Å²) in [5, 5.41) is 3.40. The molecule has 2 aromatic heterocycles. The second-order valence-electron chi connectivity index (χ2n) is 4.78. The molecule has 2 aromatic rings. The van der Waals surface area contributed by atoms with Crippen molar-refractivity contribution in [1.82, 2.24) is 9.29 Å². The van der Waals surface area contributed by atoms with E-state index in [-0.39, 0.29) is 5.91 Å². The molecule has 0 aliphatic carbocycles. The van der Waals surface area contributed by atoms with Gasteiger partial charge in [-0.05, 0) is 40.9 Å². The Bertz CT molecular complexity index is 730. The normalized spacial score (nSPS) is 14.7. The molecular weight excluding hydrogens is 402 g/mol. The zero-order valence-corrected chi connectivity index (χ0v) is 16.1. The summed E-state index contributed by atoms with van der Waals surface area (Å²) in [6.07, 6.45) is 4.37. The van der Waals surface area contributed by atoms with Gasteiger partial charge in [-0.1, -0.05) is 23.5 Å². The average Bonchev–Trinajstić information content (AvgIpc) is 3.12. The van der Waals surface area contributed by atoms with E-state index in [0.717, 1.165) is 33.0 Å². The third-order valence-electron chi connectivity index (χ3n) is 2.99. The number of nitrogens with zero attached hydrogens (tertiary/aromatic N) is 2. The van der Waals surface area contributed by atoms with Crippen molar-refractivity contribution in [1.29, 1.82) is 0 Å². The lowest BCUT2D eigenvalue weighted by atomic mass is 10.2. The highest BCUT2D eigenvalue weighted by molar-refractivity contribution is 9.11. The van der Waals surface area contributed by atoms with Gasteiger partial charge in [-0.15, -0.1) is 11.3 Å². The first-order valence-electron chi connectivity index (χ1n) is 6.65. The summed E-state index contributed by atoms with van der Waals surface area (Å²) in [5.41, 5.74) is 2.08. The van der Waals surface area contributed by atoms with Gasteiger partial charge in [-0.25, -0.2) is 9.29 Å². The molecule has 0 unspecified atom stereocenters. The molecule has 0 atom stereocenters. The fourth-order valence-corrected chi connectivity index (χ4v) is 6.53. The Morgan fingerprint density at radius 3 is 2.82 bits per heavy atom. The van der Waals surface area contributed by atoms with Crippen LogP contribution in [-0.4, -0.2) is 28.3 Å². The van der Waals surface area contributed by atoms with E-state index in [1.54, 1.807) is 23.3 Å². The van der Waals surface area contributed by atoms with Gasteiger partial charge < -0.3 is 5.32 Å². The van der Waals surface area contributed by atoms with E-state index in [9.17, 15) is 4.79 Å². The highest BCUT2D eigenvalue weighted by Gasteiger charge is 2.18. The number of hydrogen-bond acceptors (Lipinski definition) is 6. The van der Waals surface area contributed by atoms with Gasteiger partial charge in [0.2, 0.25) is 5.91 Å². The summed E-state index contributed by atoms with van der Waals surface area (Å²) in [6, 6.07) is 2.19. The number of thiazole rings is 1. The molecule has 1 amide bonds. The van der Waals surface area contributed by atoms with E-state index in [1.165, 1.54) is 22.5 Å². The van der Waals surface area contributed by atoms with Crippen molar-refractivity contribution >= 4 is 61.6 Å². The predicted octanol–water partition coefficient (Wildman–Crippen LogP) is 4.78. The van der Waals surface area contributed by atoms with E-state index in [4.69, 9.17) is 0 Å². The summed E-state index contributed by atoms with van der Waals surface area (Å²) in [5.74, 6) is -0.0949. The molecule has 1 aliphatic heterocycles. The lowest BCUT2D eigenvalue weighted by Crippen LogP contribution is -2.08. The van der Waals surface area contributed by atoms with Crippen LogP contribution in [0, 0.1) is 6.92 Å². The van der Waals surface area contributed by atoms with Crippen LogP contribution < -0.4 is 5.32 Å². The average molecular weight is 416 g/mol. The monoisotopic (exact) mass is 415 g/mol. The van der Waals surface area contributed by atoms with Crippen LogP contribution in [0.4, 0.5) is 5.13 Å². The van der Waals surface area contributed by atoms with Crippen molar-refractivity contribution in [2.24, 2.45) is 0 Å². The van der Waals surface area contributed by atoms with Gasteiger partial charge >= 0.3 is 0 Å². The van der Waals surface area contributed by atoms with Gasteiger partial charge in [-0.3, -0.25) is 4.79 Å². The van der Waals surface area contributed by atoms with Gasteiger partial charge in [-0.2, -0.15) is 0 Å². The Labute approximate surface area is 149 Å². The van der Waals surface area contributed by atoms with Crippen LogP contribution in [-0.2, 0) is 4.79 Å². The molecule has 3 rings (SSSR count). The van der Waals surface area contributed by atoms with E-state index < -0.39 is 0 Å². The van der Waals surface area contributed by atoms with Crippen LogP contribution in [0.25, 0.3) is 10.4 Å². The molecule has 1 aliphatic rings. The van der Waals surface area contributed by atoms with Crippen molar-refractivity contribution in [2.75, 3.05) is 18.4 Å². The molecule has 0 fully saturated rings. The van der Waals surface area contributed by atoms with Gasteiger partial charge in [0.15, 0.2) is 5.13 Å². The Hall–Kier alpha value is -0.670. The predicted molar refractivity (Wildman–Crippen MR) is 98.7 cm³/mol. The van der Waals surface area contributed by atoms with Crippen LogP contribution in [0.5, 0.6) is 0 Å². The molecule has 22 heavy (non-hydrogen) atoms. The third kappa shape index (κ3) is 3.62. The molecular formula is C14H14BrN3OS3. The largest absolute Gasteiger partial charge is 0.302 e. The molecule has 4 nitrogen and oxygen atoms in total. The minimum atomic E-state index is -0.0949. The summed E-state index contributed by atoms with van der Waals surface area (Å²) in [6.45, 7) is 5.44. The first kappa shape index (κ1) is 16.2. The number of carbonyl (C=O) groups is 1. The van der Waals surface area contributed by atoms with Crippen LogP contribution in [0.1, 0.15) is 12.6 Å². The van der Waals surface area contributed by atoms with E-state index in [1.807, 2.05) is 6.92 Å². The smallest absolute Gasteiger partial charge is 0.223 e. The molecule has 0 aromatic carbocycles. The Balaban J connectivity index is 1.83. The molecule has 0 spiro atoms. The number of halogens is 1. The maximum atomic E-state index is 11.2. The van der Waals surface area contributed by atoms with Gasteiger partial charge in [0.25, 0.3) is 0 Å². The van der Waals surface area contributed by atoms with Gasteiger partial charge in [0.05, 0.1) is 18.6 Å². The fourth-order valence-electron chi connectivity index (χ4n) is 2.06. The van der Waals surface area contributed by atoms with Crippen molar-refractivity contribution in [3.63, 3.8) is 0 Å². The summed E-state index contributed by atoms with van der Waals surface area (Å²) in [4.78, 5) is 16.7. The second kappa shape index (κ2) is 6.84. The molecule has 0 radical (unpaired) electrons. The number of hydrogen-bond donors (Lipinski definition) is 1. The van der Waals surface area contributed by atoms with Gasteiger partial charge in [0.1, 0.15) is 0 Å². The molecule has 1 N–H and O–H groups in total. The highest BCUT2D eigenvalue weighted by Crippen LogP contribution is 2.45. The Kier molecular flexibility index (Phi) is 5.03. The maximum absolute atomic E-state index is 11.2. The van der Waals surface area contributed by atoms with Crippen molar-refractivity contribution in [3.8, 4) is 10.4 Å². The first-order valence-corrected chi connectivity index (χ1v) is 9.85. The third-order valence-corrected chi connectivity index (χ3v) is 7.06. The molecule has 0 saturated heterocycles.